The van der Waals surface area contributed by atoms with Gasteiger partial charge >= 0.3 is 0 Å². The van der Waals surface area contributed by atoms with Crippen molar-refractivity contribution < 1.29 is 4.79 Å². The molecule has 0 aliphatic rings. The minimum Gasteiger partial charge on any atom is -0.352 e. The fraction of sp³-hybridized carbons (Fsp3) is 0.211. The van der Waals surface area contributed by atoms with Gasteiger partial charge in [-0.05, 0) is 24.1 Å². The van der Waals surface area contributed by atoms with Crippen molar-refractivity contribution in [3.8, 4) is 0 Å². The first-order valence-corrected chi connectivity index (χ1v) is 7.50. The highest BCUT2D eigenvalue weighted by molar-refractivity contribution is 5.90. The fourth-order valence-electron chi connectivity index (χ4n) is 2.84. The van der Waals surface area contributed by atoms with Crippen LogP contribution < -0.4 is 5.32 Å². The average Bonchev–Trinajstić information content (AvgIpc) is 2.79. The summed E-state index contributed by atoms with van der Waals surface area (Å²) < 4.78 is 2.15. The van der Waals surface area contributed by atoms with E-state index < -0.39 is 0 Å². The van der Waals surface area contributed by atoms with Crippen molar-refractivity contribution in [2.24, 2.45) is 7.05 Å². The van der Waals surface area contributed by atoms with Crippen LogP contribution in [0, 0.1) is 6.92 Å². The quantitative estimate of drug-likeness (QED) is 0.786. The Balaban J connectivity index is 1.76. The maximum absolute atomic E-state index is 12.3. The van der Waals surface area contributed by atoms with Crippen LogP contribution in [0.3, 0.4) is 0 Å². The van der Waals surface area contributed by atoms with Crippen LogP contribution in [0.4, 0.5) is 0 Å². The molecule has 0 fully saturated rings. The van der Waals surface area contributed by atoms with Crippen LogP contribution in [0.25, 0.3) is 10.9 Å². The Labute approximate surface area is 130 Å². The second-order valence-electron chi connectivity index (χ2n) is 5.58. The highest BCUT2D eigenvalue weighted by atomic mass is 16.1. The molecule has 0 saturated heterocycles. The van der Waals surface area contributed by atoms with Gasteiger partial charge in [0.25, 0.3) is 0 Å². The molecule has 3 heteroatoms. The van der Waals surface area contributed by atoms with E-state index in [1.54, 1.807) is 0 Å². The van der Waals surface area contributed by atoms with E-state index in [0.717, 1.165) is 22.2 Å². The lowest BCUT2D eigenvalue weighted by atomic mass is 10.1. The molecule has 0 saturated carbocycles. The van der Waals surface area contributed by atoms with Gasteiger partial charge in [-0.3, -0.25) is 4.79 Å². The van der Waals surface area contributed by atoms with Gasteiger partial charge in [0.1, 0.15) is 0 Å². The summed E-state index contributed by atoms with van der Waals surface area (Å²) in [5.74, 6) is 0.0586. The molecule has 3 aromatic rings. The van der Waals surface area contributed by atoms with Crippen molar-refractivity contribution in [3.63, 3.8) is 0 Å². The SMILES string of the molecule is Cc1c(CC(=O)NCc2ccccc2)c2ccccc2n1C. The lowest BCUT2D eigenvalue weighted by Gasteiger charge is -2.06. The molecule has 0 unspecified atom stereocenters. The number of benzene rings is 2. The number of rotatable bonds is 4. The van der Waals surface area contributed by atoms with Crippen molar-refractivity contribution in [2.45, 2.75) is 19.9 Å². The summed E-state index contributed by atoms with van der Waals surface area (Å²) in [6.45, 7) is 2.64. The van der Waals surface area contributed by atoms with Crippen LogP contribution in [-0.4, -0.2) is 10.5 Å². The van der Waals surface area contributed by atoms with Crippen LogP contribution in [0.15, 0.2) is 54.6 Å². The predicted molar refractivity (Wildman–Crippen MR) is 89.6 cm³/mol. The van der Waals surface area contributed by atoms with Crippen LogP contribution in [0.1, 0.15) is 16.8 Å². The molecule has 0 atom stereocenters. The Morgan fingerprint density at radius 1 is 1.05 bits per heavy atom. The third-order valence-corrected chi connectivity index (χ3v) is 4.20. The minimum atomic E-state index is 0.0586. The van der Waals surface area contributed by atoms with Gasteiger partial charge in [0.2, 0.25) is 5.91 Å². The largest absolute Gasteiger partial charge is 0.352 e. The second-order valence-corrected chi connectivity index (χ2v) is 5.58. The molecule has 3 rings (SSSR count). The van der Waals surface area contributed by atoms with Crippen LogP contribution in [-0.2, 0) is 24.8 Å². The van der Waals surface area contributed by atoms with Crippen LogP contribution in [0.2, 0.25) is 0 Å². The highest BCUT2D eigenvalue weighted by Gasteiger charge is 2.14. The second kappa shape index (κ2) is 6.06. The molecule has 1 amide bonds. The lowest BCUT2D eigenvalue weighted by Crippen LogP contribution is -2.24. The molecule has 0 aliphatic heterocycles. The Morgan fingerprint density at radius 2 is 1.73 bits per heavy atom. The Morgan fingerprint density at radius 3 is 2.50 bits per heavy atom. The summed E-state index contributed by atoms with van der Waals surface area (Å²) in [5, 5.41) is 4.16. The first kappa shape index (κ1) is 14.4. The molecule has 3 nitrogen and oxygen atoms in total. The molecule has 0 bridgehead atoms. The van der Waals surface area contributed by atoms with Gasteiger partial charge in [-0.2, -0.15) is 0 Å². The number of hydrogen-bond donors (Lipinski definition) is 1. The van der Waals surface area contributed by atoms with Gasteiger partial charge in [-0.1, -0.05) is 48.5 Å². The average molecular weight is 292 g/mol. The van der Waals surface area contributed by atoms with Crippen molar-refractivity contribution in [3.05, 3.63) is 71.4 Å². The predicted octanol–water partition coefficient (Wildman–Crippen LogP) is 3.35. The van der Waals surface area contributed by atoms with E-state index in [9.17, 15) is 4.79 Å². The summed E-state index contributed by atoms with van der Waals surface area (Å²) in [6.07, 6.45) is 0.417. The summed E-state index contributed by atoms with van der Waals surface area (Å²) in [4.78, 5) is 12.3. The first-order chi connectivity index (χ1) is 10.7. The smallest absolute Gasteiger partial charge is 0.224 e. The molecular weight excluding hydrogens is 272 g/mol. The topological polar surface area (TPSA) is 34.0 Å². The zero-order valence-electron chi connectivity index (χ0n) is 13.0. The standard InChI is InChI=1S/C19H20N2O/c1-14-17(16-10-6-7-11-18(16)21(14)2)12-19(22)20-13-15-8-4-3-5-9-15/h3-11H,12-13H2,1-2H3,(H,20,22). The van der Waals surface area contributed by atoms with E-state index in [4.69, 9.17) is 0 Å². The van der Waals surface area contributed by atoms with Crippen molar-refractivity contribution >= 4 is 16.8 Å². The van der Waals surface area contributed by atoms with Crippen molar-refractivity contribution in [1.29, 1.82) is 0 Å². The van der Waals surface area contributed by atoms with Gasteiger partial charge in [0.15, 0.2) is 0 Å². The maximum Gasteiger partial charge on any atom is 0.224 e. The number of carbonyl (C=O) groups is 1. The minimum absolute atomic E-state index is 0.0586. The number of aryl methyl sites for hydroxylation is 1. The molecule has 1 heterocycles. The van der Waals surface area contributed by atoms with E-state index in [1.165, 1.54) is 5.52 Å². The fourth-order valence-corrected chi connectivity index (χ4v) is 2.84. The highest BCUT2D eigenvalue weighted by Crippen LogP contribution is 2.25. The van der Waals surface area contributed by atoms with Gasteiger partial charge in [-0.25, -0.2) is 0 Å². The van der Waals surface area contributed by atoms with Crippen molar-refractivity contribution in [1.82, 2.24) is 9.88 Å². The zero-order chi connectivity index (χ0) is 15.5. The first-order valence-electron chi connectivity index (χ1n) is 7.50. The molecule has 0 aliphatic carbocycles. The zero-order valence-corrected chi connectivity index (χ0v) is 13.0. The molecule has 0 radical (unpaired) electrons. The Kier molecular flexibility index (Phi) is 3.96. The van der Waals surface area contributed by atoms with Gasteiger partial charge in [-0.15, -0.1) is 0 Å². The number of amides is 1. The molecule has 1 N–H and O–H groups in total. The number of fused-ring (bicyclic) bond motifs is 1. The molecule has 2 aromatic carbocycles. The lowest BCUT2D eigenvalue weighted by molar-refractivity contribution is -0.120. The summed E-state index contributed by atoms with van der Waals surface area (Å²) in [7, 11) is 2.04. The Hall–Kier alpha value is -2.55. The molecule has 1 aromatic heterocycles. The van der Waals surface area contributed by atoms with E-state index in [1.807, 2.05) is 49.5 Å². The number of carbonyl (C=O) groups excluding carboxylic acids is 1. The van der Waals surface area contributed by atoms with E-state index in [-0.39, 0.29) is 5.91 Å². The van der Waals surface area contributed by atoms with Gasteiger partial charge < -0.3 is 9.88 Å². The Bertz CT molecular complexity index is 803. The van der Waals surface area contributed by atoms with Crippen LogP contribution in [0.5, 0.6) is 0 Å². The molecule has 0 spiro atoms. The van der Waals surface area contributed by atoms with E-state index >= 15 is 0 Å². The molecule has 22 heavy (non-hydrogen) atoms. The number of nitrogens with one attached hydrogen (secondary N) is 1. The third kappa shape index (κ3) is 2.75. The molecule has 112 valence electrons. The van der Waals surface area contributed by atoms with Gasteiger partial charge in [0, 0.05) is 30.2 Å². The van der Waals surface area contributed by atoms with Crippen LogP contribution >= 0.6 is 0 Å². The normalized spacial score (nSPS) is 10.8. The maximum atomic E-state index is 12.3. The monoisotopic (exact) mass is 292 g/mol. The summed E-state index contributed by atoms with van der Waals surface area (Å²) in [5.41, 5.74) is 4.55. The number of nitrogens with zero attached hydrogens (tertiary/aromatic N) is 1. The molecular formula is C19H20N2O. The summed E-state index contributed by atoms with van der Waals surface area (Å²) in [6, 6.07) is 18.2. The number of aromatic nitrogens is 1. The van der Waals surface area contributed by atoms with Crippen molar-refractivity contribution in [2.75, 3.05) is 0 Å². The number of para-hydroxylation sites is 1. The summed E-state index contributed by atoms with van der Waals surface area (Å²) >= 11 is 0. The van der Waals surface area contributed by atoms with Gasteiger partial charge in [0.05, 0.1) is 6.42 Å². The number of hydrogen-bond acceptors (Lipinski definition) is 1. The third-order valence-electron chi connectivity index (χ3n) is 4.20. The van der Waals surface area contributed by atoms with E-state index in [0.29, 0.717) is 13.0 Å². The van der Waals surface area contributed by atoms with E-state index in [2.05, 4.69) is 28.9 Å².